The number of halogens is 1. The first-order chi connectivity index (χ1) is 9.70. The highest BCUT2D eigenvalue weighted by atomic mass is 79.9. The van der Waals surface area contributed by atoms with E-state index in [0.29, 0.717) is 6.61 Å². The predicted octanol–water partition coefficient (Wildman–Crippen LogP) is 4.55. The minimum atomic E-state index is 0.511. The topological polar surface area (TPSA) is 34.2 Å². The molecule has 1 N–H and O–H groups in total. The first-order valence-electron chi connectivity index (χ1n) is 6.77. The van der Waals surface area contributed by atoms with E-state index >= 15 is 0 Å². The average molecular weight is 335 g/mol. The van der Waals surface area contributed by atoms with Gasteiger partial charge in [-0.3, -0.25) is 0 Å². The van der Waals surface area contributed by atoms with E-state index in [4.69, 9.17) is 4.74 Å². The van der Waals surface area contributed by atoms with Gasteiger partial charge in [-0.05, 0) is 37.1 Å². The molecule has 0 fully saturated rings. The molecule has 0 spiro atoms. The minimum absolute atomic E-state index is 0.511. The van der Waals surface area contributed by atoms with E-state index in [-0.39, 0.29) is 0 Å². The van der Waals surface area contributed by atoms with Gasteiger partial charge in [0.05, 0.1) is 0 Å². The van der Waals surface area contributed by atoms with E-state index in [1.165, 1.54) is 0 Å². The van der Waals surface area contributed by atoms with Crippen LogP contribution in [0.5, 0.6) is 5.75 Å². The van der Waals surface area contributed by atoms with Gasteiger partial charge < -0.3 is 10.1 Å². The number of aromatic nitrogens is 1. The number of pyridine rings is 1. The van der Waals surface area contributed by atoms with Gasteiger partial charge in [-0.25, -0.2) is 4.98 Å². The van der Waals surface area contributed by atoms with Crippen LogP contribution in [0, 0.1) is 6.92 Å². The van der Waals surface area contributed by atoms with Crippen molar-refractivity contribution in [1.82, 2.24) is 4.98 Å². The molecule has 0 aliphatic heterocycles. The summed E-state index contributed by atoms with van der Waals surface area (Å²) in [6.07, 6.45) is 2.87. The van der Waals surface area contributed by atoms with E-state index < -0.39 is 0 Å². The Balaban J connectivity index is 2.08. The van der Waals surface area contributed by atoms with Crippen LogP contribution in [-0.2, 0) is 6.61 Å². The molecule has 0 saturated carbocycles. The molecule has 0 aliphatic carbocycles. The molecule has 1 aromatic heterocycles. The van der Waals surface area contributed by atoms with Crippen LogP contribution in [0.1, 0.15) is 24.5 Å². The molecule has 0 aliphatic rings. The monoisotopic (exact) mass is 334 g/mol. The van der Waals surface area contributed by atoms with Gasteiger partial charge in [0, 0.05) is 22.8 Å². The summed E-state index contributed by atoms with van der Waals surface area (Å²) in [5.41, 5.74) is 2.19. The summed E-state index contributed by atoms with van der Waals surface area (Å²) in [6, 6.07) is 10.0. The number of nitrogens with one attached hydrogen (secondary N) is 1. The normalized spacial score (nSPS) is 10.3. The van der Waals surface area contributed by atoms with Gasteiger partial charge in [0.2, 0.25) is 0 Å². The summed E-state index contributed by atoms with van der Waals surface area (Å²) >= 11 is 3.47. The van der Waals surface area contributed by atoms with Crippen molar-refractivity contribution in [3.63, 3.8) is 0 Å². The van der Waals surface area contributed by atoms with E-state index in [1.807, 2.05) is 37.3 Å². The lowest BCUT2D eigenvalue weighted by molar-refractivity contribution is 0.304. The predicted molar refractivity (Wildman–Crippen MR) is 86.2 cm³/mol. The Labute approximate surface area is 128 Å². The fourth-order valence-corrected chi connectivity index (χ4v) is 2.18. The third kappa shape index (κ3) is 3.97. The number of hydrogen-bond acceptors (Lipinski definition) is 3. The van der Waals surface area contributed by atoms with Crippen molar-refractivity contribution < 1.29 is 4.74 Å². The van der Waals surface area contributed by atoms with Crippen LogP contribution >= 0.6 is 15.9 Å². The minimum Gasteiger partial charge on any atom is -0.488 e. The number of aryl methyl sites for hydroxylation is 1. The maximum Gasteiger partial charge on any atom is 0.132 e. The lowest BCUT2D eigenvalue weighted by Crippen LogP contribution is -2.07. The first-order valence-corrected chi connectivity index (χ1v) is 7.56. The molecule has 3 nitrogen and oxygen atoms in total. The third-order valence-electron chi connectivity index (χ3n) is 2.97. The Morgan fingerprint density at radius 3 is 2.95 bits per heavy atom. The van der Waals surface area contributed by atoms with Crippen LogP contribution in [-0.4, -0.2) is 11.5 Å². The lowest BCUT2D eigenvalue weighted by atomic mass is 10.2. The second-order valence-corrected chi connectivity index (χ2v) is 5.55. The SMILES string of the molecule is CCCNc1ncccc1COc1cc(Br)ccc1C. The zero-order valence-electron chi connectivity index (χ0n) is 11.8. The lowest BCUT2D eigenvalue weighted by Gasteiger charge is -2.13. The number of ether oxygens (including phenoxy) is 1. The molecule has 4 heteroatoms. The Morgan fingerprint density at radius 1 is 1.30 bits per heavy atom. The van der Waals surface area contributed by atoms with Crippen LogP contribution in [0.15, 0.2) is 41.0 Å². The van der Waals surface area contributed by atoms with Crippen molar-refractivity contribution in [2.24, 2.45) is 0 Å². The fraction of sp³-hybridized carbons (Fsp3) is 0.312. The van der Waals surface area contributed by atoms with Crippen LogP contribution < -0.4 is 10.1 Å². The Morgan fingerprint density at radius 2 is 2.15 bits per heavy atom. The van der Waals surface area contributed by atoms with Gasteiger partial charge in [0.25, 0.3) is 0 Å². The van der Waals surface area contributed by atoms with Crippen molar-refractivity contribution in [3.05, 3.63) is 52.1 Å². The van der Waals surface area contributed by atoms with E-state index in [1.54, 1.807) is 6.20 Å². The molecule has 0 unspecified atom stereocenters. The molecule has 0 atom stereocenters. The summed E-state index contributed by atoms with van der Waals surface area (Å²) in [5, 5.41) is 3.32. The third-order valence-corrected chi connectivity index (χ3v) is 3.46. The Bertz CT molecular complexity index is 572. The first kappa shape index (κ1) is 14.9. The highest BCUT2D eigenvalue weighted by Crippen LogP contribution is 2.24. The summed E-state index contributed by atoms with van der Waals surface area (Å²) in [7, 11) is 0. The Hall–Kier alpha value is -1.55. The molecule has 20 heavy (non-hydrogen) atoms. The smallest absolute Gasteiger partial charge is 0.132 e. The maximum absolute atomic E-state index is 5.91. The van der Waals surface area contributed by atoms with E-state index in [2.05, 4.69) is 33.2 Å². The number of rotatable bonds is 6. The van der Waals surface area contributed by atoms with Gasteiger partial charge in [0.1, 0.15) is 18.2 Å². The molecule has 2 aromatic rings. The number of nitrogens with zero attached hydrogens (tertiary/aromatic N) is 1. The van der Waals surface area contributed by atoms with Gasteiger partial charge in [-0.15, -0.1) is 0 Å². The summed E-state index contributed by atoms with van der Waals surface area (Å²) in [4.78, 5) is 4.37. The molecule has 0 saturated heterocycles. The molecule has 1 heterocycles. The fourth-order valence-electron chi connectivity index (χ4n) is 1.84. The standard InChI is InChI=1S/C16H19BrN2O/c1-3-8-18-16-13(5-4-9-19-16)11-20-15-10-14(17)7-6-12(15)2/h4-7,9-10H,3,8,11H2,1-2H3,(H,18,19). The number of hydrogen-bond donors (Lipinski definition) is 1. The number of anilines is 1. The zero-order valence-corrected chi connectivity index (χ0v) is 13.4. The maximum atomic E-state index is 5.91. The van der Waals surface area contributed by atoms with Crippen LogP contribution in [0.2, 0.25) is 0 Å². The molecule has 0 amide bonds. The highest BCUT2D eigenvalue weighted by molar-refractivity contribution is 9.10. The van der Waals surface area contributed by atoms with Crippen molar-refractivity contribution >= 4 is 21.7 Å². The van der Waals surface area contributed by atoms with Crippen molar-refractivity contribution in [2.45, 2.75) is 26.9 Å². The summed E-state index contributed by atoms with van der Waals surface area (Å²) in [6.45, 7) is 5.61. The molecule has 0 radical (unpaired) electrons. The van der Waals surface area contributed by atoms with Crippen molar-refractivity contribution in [2.75, 3.05) is 11.9 Å². The molecule has 1 aromatic carbocycles. The van der Waals surface area contributed by atoms with Crippen LogP contribution in [0.4, 0.5) is 5.82 Å². The zero-order chi connectivity index (χ0) is 14.4. The van der Waals surface area contributed by atoms with Crippen LogP contribution in [0.3, 0.4) is 0 Å². The molecule has 106 valence electrons. The number of benzene rings is 1. The second kappa shape index (κ2) is 7.29. The Kier molecular flexibility index (Phi) is 5.41. The summed E-state index contributed by atoms with van der Waals surface area (Å²) < 4.78 is 6.94. The van der Waals surface area contributed by atoms with E-state index in [0.717, 1.165) is 40.1 Å². The average Bonchev–Trinajstić information content (AvgIpc) is 2.47. The van der Waals surface area contributed by atoms with Crippen LogP contribution in [0.25, 0.3) is 0 Å². The van der Waals surface area contributed by atoms with Gasteiger partial charge >= 0.3 is 0 Å². The van der Waals surface area contributed by atoms with E-state index in [9.17, 15) is 0 Å². The second-order valence-electron chi connectivity index (χ2n) is 4.64. The molecule has 0 bridgehead atoms. The van der Waals surface area contributed by atoms with Crippen molar-refractivity contribution in [3.8, 4) is 5.75 Å². The highest BCUT2D eigenvalue weighted by Gasteiger charge is 2.05. The summed E-state index contributed by atoms with van der Waals surface area (Å²) in [5.74, 6) is 1.80. The molecular formula is C16H19BrN2O. The molecular weight excluding hydrogens is 316 g/mol. The van der Waals surface area contributed by atoms with Gasteiger partial charge in [0.15, 0.2) is 0 Å². The molecule has 2 rings (SSSR count). The van der Waals surface area contributed by atoms with Gasteiger partial charge in [-0.2, -0.15) is 0 Å². The largest absolute Gasteiger partial charge is 0.488 e. The van der Waals surface area contributed by atoms with Crippen molar-refractivity contribution in [1.29, 1.82) is 0 Å². The quantitative estimate of drug-likeness (QED) is 0.841. The van der Waals surface area contributed by atoms with Gasteiger partial charge in [-0.1, -0.05) is 35.0 Å².